The minimum atomic E-state index is 0. The van der Waals surface area contributed by atoms with Gasteiger partial charge in [0.25, 0.3) is 0 Å². The molecule has 0 amide bonds. The van der Waals surface area contributed by atoms with Crippen molar-refractivity contribution in [2.75, 3.05) is 30.4 Å². The Bertz CT molecular complexity index is 618. The third kappa shape index (κ3) is 3.39. The van der Waals surface area contributed by atoms with Crippen molar-refractivity contribution in [1.82, 2.24) is 4.98 Å². The smallest absolute Gasteiger partial charge is 0.122 e. The van der Waals surface area contributed by atoms with Gasteiger partial charge in [-0.3, -0.25) is 4.98 Å². The molecule has 0 unspecified atom stereocenters. The zero-order valence-electron chi connectivity index (χ0n) is 12.3. The van der Waals surface area contributed by atoms with Crippen molar-refractivity contribution < 1.29 is 4.74 Å². The van der Waals surface area contributed by atoms with Crippen molar-refractivity contribution in [3.05, 3.63) is 47.8 Å². The maximum atomic E-state index is 5.32. The number of pyridine rings is 1. The highest BCUT2D eigenvalue weighted by Gasteiger charge is 2.16. The molecule has 0 atom stereocenters. The first-order valence-electron chi connectivity index (χ1n) is 6.85. The van der Waals surface area contributed by atoms with Gasteiger partial charge in [-0.25, -0.2) is 0 Å². The zero-order chi connectivity index (χ0) is 13.9. The molecule has 0 saturated heterocycles. The molecule has 1 aromatic heterocycles. The number of aryl methyl sites for hydroxylation is 1. The van der Waals surface area contributed by atoms with Crippen LogP contribution in [0.4, 0.5) is 11.4 Å². The maximum Gasteiger partial charge on any atom is 0.122 e. The van der Waals surface area contributed by atoms with E-state index in [1.807, 2.05) is 19.1 Å². The molecule has 0 radical (unpaired) electrons. The van der Waals surface area contributed by atoms with Crippen LogP contribution in [0.25, 0.3) is 0 Å². The second-order valence-corrected chi connectivity index (χ2v) is 5.01. The first kappa shape index (κ1) is 15.4. The van der Waals surface area contributed by atoms with E-state index in [2.05, 4.69) is 39.5 Å². The first-order valence-corrected chi connectivity index (χ1v) is 6.85. The van der Waals surface area contributed by atoms with Crippen LogP contribution in [-0.2, 0) is 6.54 Å². The van der Waals surface area contributed by atoms with Crippen LogP contribution in [0.15, 0.2) is 36.4 Å². The molecule has 3 rings (SSSR count). The second kappa shape index (κ2) is 6.68. The van der Waals surface area contributed by atoms with Crippen LogP contribution in [-0.4, -0.2) is 25.2 Å². The van der Waals surface area contributed by atoms with E-state index >= 15 is 0 Å². The first-order chi connectivity index (χ1) is 9.76. The molecule has 2 aromatic rings. The Morgan fingerprint density at radius 1 is 1.29 bits per heavy atom. The number of ether oxygens (including phenoxy) is 1. The molecule has 1 aliphatic heterocycles. The number of hydrogen-bond acceptors (Lipinski definition) is 4. The molecule has 0 aliphatic carbocycles. The molecule has 21 heavy (non-hydrogen) atoms. The van der Waals surface area contributed by atoms with Gasteiger partial charge < -0.3 is 15.0 Å². The normalized spacial score (nSPS) is 13.0. The summed E-state index contributed by atoms with van der Waals surface area (Å²) in [5.74, 6) is 0.871. The minimum absolute atomic E-state index is 0. The fraction of sp³-hybridized carbons (Fsp3) is 0.312. The van der Waals surface area contributed by atoms with E-state index in [1.165, 1.54) is 11.4 Å². The number of anilines is 2. The van der Waals surface area contributed by atoms with E-state index < -0.39 is 0 Å². The summed E-state index contributed by atoms with van der Waals surface area (Å²) in [6.07, 6.45) is 0. The number of nitrogens with one attached hydrogen (secondary N) is 1. The predicted octanol–water partition coefficient (Wildman–Crippen LogP) is 3.25. The van der Waals surface area contributed by atoms with E-state index in [0.29, 0.717) is 0 Å². The highest BCUT2D eigenvalue weighted by Crippen LogP contribution is 2.29. The lowest BCUT2D eigenvalue weighted by Gasteiger charge is -2.31. The van der Waals surface area contributed by atoms with Crippen LogP contribution in [0, 0.1) is 6.92 Å². The summed E-state index contributed by atoms with van der Waals surface area (Å²) in [6.45, 7) is 4.74. The molecule has 1 aliphatic rings. The average molecular weight is 306 g/mol. The van der Waals surface area contributed by atoms with Crippen molar-refractivity contribution in [2.24, 2.45) is 0 Å². The van der Waals surface area contributed by atoms with Gasteiger partial charge in [0.1, 0.15) is 5.75 Å². The van der Waals surface area contributed by atoms with Gasteiger partial charge in [0.05, 0.1) is 30.7 Å². The van der Waals surface area contributed by atoms with Crippen LogP contribution in [0.2, 0.25) is 0 Å². The Kier molecular flexibility index (Phi) is 4.91. The Morgan fingerprint density at radius 2 is 2.10 bits per heavy atom. The molecule has 0 saturated carbocycles. The number of aromatic nitrogens is 1. The summed E-state index contributed by atoms with van der Waals surface area (Å²) in [4.78, 5) is 6.96. The molecule has 1 N–H and O–H groups in total. The third-order valence-electron chi connectivity index (χ3n) is 3.51. The van der Waals surface area contributed by atoms with Crippen molar-refractivity contribution >= 4 is 23.8 Å². The number of halogens is 1. The topological polar surface area (TPSA) is 37.4 Å². The summed E-state index contributed by atoms with van der Waals surface area (Å²) in [6, 6.07) is 12.4. The van der Waals surface area contributed by atoms with Crippen LogP contribution >= 0.6 is 12.4 Å². The van der Waals surface area contributed by atoms with Crippen molar-refractivity contribution in [3.8, 4) is 5.75 Å². The highest BCUT2D eigenvalue weighted by molar-refractivity contribution is 5.85. The average Bonchev–Trinajstić information content (AvgIpc) is 2.47. The summed E-state index contributed by atoms with van der Waals surface area (Å²) < 4.78 is 5.32. The van der Waals surface area contributed by atoms with Crippen molar-refractivity contribution in [1.29, 1.82) is 0 Å². The number of rotatable bonds is 3. The molecule has 5 heteroatoms. The molecular weight excluding hydrogens is 286 g/mol. The minimum Gasteiger partial charge on any atom is -0.497 e. The van der Waals surface area contributed by atoms with Crippen LogP contribution in [0.5, 0.6) is 5.75 Å². The van der Waals surface area contributed by atoms with Gasteiger partial charge in [-0.2, -0.15) is 0 Å². The van der Waals surface area contributed by atoms with Gasteiger partial charge in [0.15, 0.2) is 0 Å². The van der Waals surface area contributed by atoms with Gasteiger partial charge in [0.2, 0.25) is 0 Å². The summed E-state index contributed by atoms with van der Waals surface area (Å²) >= 11 is 0. The Morgan fingerprint density at radius 3 is 2.90 bits per heavy atom. The lowest BCUT2D eigenvalue weighted by molar-refractivity contribution is 0.413. The monoisotopic (exact) mass is 305 g/mol. The number of methoxy groups -OCH3 is 1. The Labute approximate surface area is 131 Å². The lowest BCUT2D eigenvalue weighted by atomic mass is 10.2. The molecule has 2 heterocycles. The van der Waals surface area contributed by atoms with Crippen molar-refractivity contribution in [3.63, 3.8) is 0 Å². The van der Waals surface area contributed by atoms with Gasteiger partial charge >= 0.3 is 0 Å². The third-order valence-corrected chi connectivity index (χ3v) is 3.51. The molecular formula is C16H20ClN3O. The van der Waals surface area contributed by atoms with Gasteiger partial charge in [0, 0.05) is 30.9 Å². The fourth-order valence-corrected chi connectivity index (χ4v) is 2.61. The van der Waals surface area contributed by atoms with E-state index in [0.717, 1.165) is 36.8 Å². The van der Waals surface area contributed by atoms with Gasteiger partial charge in [-0.05, 0) is 19.1 Å². The molecule has 0 bridgehead atoms. The molecule has 112 valence electrons. The summed E-state index contributed by atoms with van der Waals surface area (Å²) in [7, 11) is 1.69. The lowest BCUT2D eigenvalue weighted by Crippen LogP contribution is -2.33. The number of benzene rings is 1. The quantitative estimate of drug-likeness (QED) is 0.944. The maximum absolute atomic E-state index is 5.32. The second-order valence-electron chi connectivity index (χ2n) is 5.01. The predicted molar refractivity (Wildman–Crippen MR) is 88.8 cm³/mol. The zero-order valence-corrected chi connectivity index (χ0v) is 13.1. The summed E-state index contributed by atoms with van der Waals surface area (Å²) in [5, 5.41) is 3.43. The summed E-state index contributed by atoms with van der Waals surface area (Å²) in [5.41, 5.74) is 4.46. The SMILES string of the molecule is COc1cc(C)nc(CN2CCNc3ccccc32)c1.Cl. The van der Waals surface area contributed by atoms with E-state index in [1.54, 1.807) is 7.11 Å². The molecule has 4 nitrogen and oxygen atoms in total. The fourth-order valence-electron chi connectivity index (χ4n) is 2.61. The number of nitrogens with zero attached hydrogens (tertiary/aromatic N) is 2. The van der Waals surface area contributed by atoms with Gasteiger partial charge in [-0.15, -0.1) is 12.4 Å². The molecule has 0 spiro atoms. The number of fused-ring (bicyclic) bond motifs is 1. The largest absolute Gasteiger partial charge is 0.497 e. The Balaban J connectivity index is 0.00000161. The number of para-hydroxylation sites is 2. The standard InChI is InChI=1S/C16H19N3O.ClH/c1-12-9-14(20-2)10-13(18-12)11-19-8-7-17-15-5-3-4-6-16(15)19;/h3-6,9-10,17H,7-8,11H2,1-2H3;1H. The van der Waals surface area contributed by atoms with Crippen LogP contribution in [0.3, 0.4) is 0 Å². The highest BCUT2D eigenvalue weighted by atomic mass is 35.5. The Hall–Kier alpha value is -1.94. The van der Waals surface area contributed by atoms with Crippen LogP contribution < -0.4 is 15.0 Å². The van der Waals surface area contributed by atoms with E-state index in [4.69, 9.17) is 4.74 Å². The van der Waals surface area contributed by atoms with Crippen LogP contribution in [0.1, 0.15) is 11.4 Å². The molecule has 1 aromatic carbocycles. The van der Waals surface area contributed by atoms with E-state index in [9.17, 15) is 0 Å². The number of hydrogen-bond donors (Lipinski definition) is 1. The van der Waals surface area contributed by atoms with Gasteiger partial charge in [-0.1, -0.05) is 12.1 Å². The molecule has 0 fully saturated rings. The van der Waals surface area contributed by atoms with E-state index in [-0.39, 0.29) is 12.4 Å². The van der Waals surface area contributed by atoms with Crippen molar-refractivity contribution in [2.45, 2.75) is 13.5 Å².